The average molecular weight is 496 g/mol. The van der Waals surface area contributed by atoms with Crippen molar-refractivity contribution in [3.63, 3.8) is 0 Å². The fourth-order valence-corrected chi connectivity index (χ4v) is 4.32. The number of nitrogens with zero attached hydrogens (tertiary/aromatic N) is 3. The number of fused-ring (bicyclic) bond motifs is 1. The summed E-state index contributed by atoms with van der Waals surface area (Å²) >= 11 is 0. The Morgan fingerprint density at radius 2 is 1.78 bits per heavy atom. The number of nitrogens with one attached hydrogen (secondary N) is 2. The normalized spacial score (nSPS) is 15.6. The summed E-state index contributed by atoms with van der Waals surface area (Å²) in [6.45, 7) is 10.5. The van der Waals surface area contributed by atoms with E-state index >= 15 is 0 Å². The van der Waals surface area contributed by atoms with Gasteiger partial charge in [-0.3, -0.25) is 19.2 Å². The van der Waals surface area contributed by atoms with E-state index in [-0.39, 0.29) is 17.4 Å². The molecular formula is C27H34FN5O3. The topological polar surface area (TPSA) is 88.5 Å². The molecule has 2 amide bonds. The molecule has 0 saturated carbocycles. The van der Waals surface area contributed by atoms with Crippen LogP contribution in [-0.2, 0) is 16.1 Å². The van der Waals surface area contributed by atoms with Crippen molar-refractivity contribution in [2.24, 2.45) is 5.41 Å². The molecule has 1 saturated heterocycles. The molecule has 2 heterocycles. The summed E-state index contributed by atoms with van der Waals surface area (Å²) in [5.41, 5.74) is 1.40. The Labute approximate surface area is 210 Å². The molecule has 1 aliphatic rings. The fraction of sp³-hybridized carbons (Fsp3) is 0.444. The van der Waals surface area contributed by atoms with E-state index in [1.807, 2.05) is 45.0 Å². The van der Waals surface area contributed by atoms with Crippen LogP contribution in [0, 0.1) is 11.2 Å². The first-order valence-electron chi connectivity index (χ1n) is 12.3. The van der Waals surface area contributed by atoms with Crippen LogP contribution in [0.1, 0.15) is 36.8 Å². The quantitative estimate of drug-likeness (QED) is 0.502. The molecule has 8 nitrogen and oxygen atoms in total. The van der Waals surface area contributed by atoms with Gasteiger partial charge in [0.2, 0.25) is 5.91 Å². The summed E-state index contributed by atoms with van der Waals surface area (Å²) < 4.78 is 20.4. The number of amides is 2. The summed E-state index contributed by atoms with van der Waals surface area (Å²) in [6, 6.07) is 12.9. The van der Waals surface area contributed by atoms with Gasteiger partial charge in [-0.15, -0.1) is 0 Å². The van der Waals surface area contributed by atoms with Gasteiger partial charge in [-0.2, -0.15) is 5.10 Å². The summed E-state index contributed by atoms with van der Waals surface area (Å²) in [5, 5.41) is 11.2. The van der Waals surface area contributed by atoms with E-state index in [0.717, 1.165) is 30.7 Å². The van der Waals surface area contributed by atoms with Crippen molar-refractivity contribution in [3.8, 4) is 0 Å². The zero-order valence-corrected chi connectivity index (χ0v) is 21.1. The highest BCUT2D eigenvalue weighted by atomic mass is 19.1. The number of para-hydroxylation sites is 1. The molecule has 4 rings (SSSR count). The van der Waals surface area contributed by atoms with Crippen LogP contribution < -0.4 is 10.6 Å². The monoisotopic (exact) mass is 495 g/mol. The second kappa shape index (κ2) is 11.2. The molecule has 0 radical (unpaired) electrons. The fourth-order valence-electron chi connectivity index (χ4n) is 4.32. The Kier molecular flexibility index (Phi) is 8.01. The van der Waals surface area contributed by atoms with Crippen LogP contribution in [0.3, 0.4) is 0 Å². The summed E-state index contributed by atoms with van der Waals surface area (Å²) in [6.07, 6.45) is 0. The molecule has 2 aromatic carbocycles. The highest BCUT2D eigenvalue weighted by Crippen LogP contribution is 2.23. The van der Waals surface area contributed by atoms with Crippen LogP contribution in [0.25, 0.3) is 10.9 Å². The summed E-state index contributed by atoms with van der Waals surface area (Å²) in [5.74, 6) is -0.938. The zero-order chi connectivity index (χ0) is 25.7. The molecule has 192 valence electrons. The number of morpholine rings is 1. The number of aromatic nitrogens is 2. The van der Waals surface area contributed by atoms with Gasteiger partial charge in [0.25, 0.3) is 5.91 Å². The molecule has 1 atom stereocenters. The van der Waals surface area contributed by atoms with E-state index in [1.165, 1.54) is 12.1 Å². The van der Waals surface area contributed by atoms with E-state index in [9.17, 15) is 14.0 Å². The van der Waals surface area contributed by atoms with Crippen molar-refractivity contribution in [1.82, 2.24) is 25.3 Å². The molecule has 1 fully saturated rings. The van der Waals surface area contributed by atoms with Crippen LogP contribution in [0.5, 0.6) is 0 Å². The number of benzene rings is 2. The molecule has 2 N–H and O–H groups in total. The van der Waals surface area contributed by atoms with Gasteiger partial charge in [-0.05, 0) is 29.2 Å². The Hall–Kier alpha value is -3.30. The van der Waals surface area contributed by atoms with E-state index < -0.39 is 17.4 Å². The largest absolute Gasteiger partial charge is 0.379 e. The highest BCUT2D eigenvalue weighted by molar-refractivity contribution is 6.06. The molecule has 0 bridgehead atoms. The standard InChI is InChI=1S/C27H34FN5O3/c1-27(2,3)24(26(35)29-12-13-32-14-16-36-17-15-32)30-25(34)23-21-6-4-5-7-22(21)33(31-23)18-19-8-10-20(28)11-9-19/h4-11,24H,12-18H2,1-3H3,(H,29,35)(H,30,34). The van der Waals surface area contributed by atoms with Crippen LogP contribution in [0.15, 0.2) is 48.5 Å². The van der Waals surface area contributed by atoms with Gasteiger partial charge in [-0.25, -0.2) is 4.39 Å². The molecule has 0 spiro atoms. The lowest BCUT2D eigenvalue weighted by Crippen LogP contribution is -2.54. The number of hydrogen-bond donors (Lipinski definition) is 2. The number of ether oxygens (including phenoxy) is 1. The van der Waals surface area contributed by atoms with Gasteiger partial charge in [0.15, 0.2) is 5.69 Å². The lowest BCUT2D eigenvalue weighted by atomic mass is 9.86. The number of carbonyl (C=O) groups is 2. The number of halogens is 1. The minimum Gasteiger partial charge on any atom is -0.379 e. The molecule has 36 heavy (non-hydrogen) atoms. The minimum atomic E-state index is -0.740. The number of rotatable bonds is 8. The maximum Gasteiger partial charge on any atom is 0.273 e. The predicted octanol–water partition coefficient (Wildman–Crippen LogP) is 2.82. The van der Waals surface area contributed by atoms with Crippen molar-refractivity contribution in [1.29, 1.82) is 0 Å². The lowest BCUT2D eigenvalue weighted by molar-refractivity contribution is -0.125. The first kappa shape index (κ1) is 25.8. The molecule has 9 heteroatoms. The minimum absolute atomic E-state index is 0.223. The first-order valence-corrected chi connectivity index (χ1v) is 12.3. The number of hydrogen-bond acceptors (Lipinski definition) is 5. The maximum absolute atomic E-state index is 13.4. The Morgan fingerprint density at radius 3 is 2.47 bits per heavy atom. The molecule has 3 aromatic rings. The smallest absolute Gasteiger partial charge is 0.273 e. The Balaban J connectivity index is 1.49. The highest BCUT2D eigenvalue weighted by Gasteiger charge is 2.34. The van der Waals surface area contributed by atoms with Crippen molar-refractivity contribution < 1.29 is 18.7 Å². The van der Waals surface area contributed by atoms with Crippen LogP contribution in [0.2, 0.25) is 0 Å². The SMILES string of the molecule is CC(C)(C)C(NC(=O)c1nn(Cc2ccc(F)cc2)c2ccccc12)C(=O)NCCN1CCOCC1. The Bertz CT molecular complexity index is 1200. The van der Waals surface area contributed by atoms with Crippen LogP contribution >= 0.6 is 0 Å². The number of carbonyl (C=O) groups excluding carboxylic acids is 2. The Morgan fingerprint density at radius 1 is 1.08 bits per heavy atom. The first-order chi connectivity index (χ1) is 17.2. The third kappa shape index (κ3) is 6.27. The molecule has 1 aliphatic heterocycles. The van der Waals surface area contributed by atoms with Crippen LogP contribution in [-0.4, -0.2) is 71.9 Å². The predicted molar refractivity (Wildman–Crippen MR) is 136 cm³/mol. The molecular weight excluding hydrogens is 461 g/mol. The average Bonchev–Trinajstić information content (AvgIpc) is 3.22. The van der Waals surface area contributed by atoms with Crippen molar-refractivity contribution in [3.05, 3.63) is 65.6 Å². The van der Waals surface area contributed by atoms with Crippen molar-refractivity contribution in [2.45, 2.75) is 33.4 Å². The van der Waals surface area contributed by atoms with E-state index in [1.54, 1.807) is 16.8 Å². The molecule has 1 aromatic heterocycles. The van der Waals surface area contributed by atoms with Gasteiger partial charge in [0, 0.05) is 31.6 Å². The van der Waals surface area contributed by atoms with E-state index in [2.05, 4.69) is 20.6 Å². The van der Waals surface area contributed by atoms with Gasteiger partial charge < -0.3 is 15.4 Å². The van der Waals surface area contributed by atoms with Crippen molar-refractivity contribution >= 4 is 22.7 Å². The lowest BCUT2D eigenvalue weighted by Gasteiger charge is -2.31. The summed E-state index contributed by atoms with van der Waals surface area (Å²) in [4.78, 5) is 28.8. The third-order valence-electron chi connectivity index (χ3n) is 6.35. The molecule has 0 aliphatic carbocycles. The molecule has 1 unspecified atom stereocenters. The second-order valence-electron chi connectivity index (χ2n) is 10.2. The maximum atomic E-state index is 13.4. The summed E-state index contributed by atoms with van der Waals surface area (Å²) in [7, 11) is 0. The van der Waals surface area contributed by atoms with Crippen molar-refractivity contribution in [2.75, 3.05) is 39.4 Å². The van der Waals surface area contributed by atoms with Gasteiger partial charge >= 0.3 is 0 Å². The van der Waals surface area contributed by atoms with Gasteiger partial charge in [0.1, 0.15) is 11.9 Å². The van der Waals surface area contributed by atoms with E-state index in [4.69, 9.17) is 4.74 Å². The second-order valence-corrected chi connectivity index (χ2v) is 10.2. The van der Waals surface area contributed by atoms with Gasteiger partial charge in [0.05, 0.1) is 25.3 Å². The van der Waals surface area contributed by atoms with Crippen LogP contribution in [0.4, 0.5) is 4.39 Å². The van der Waals surface area contributed by atoms with E-state index in [0.29, 0.717) is 31.7 Å². The third-order valence-corrected chi connectivity index (χ3v) is 6.35. The zero-order valence-electron chi connectivity index (χ0n) is 21.1. The van der Waals surface area contributed by atoms with Gasteiger partial charge in [-0.1, -0.05) is 51.1 Å².